The summed E-state index contributed by atoms with van der Waals surface area (Å²) < 4.78 is 18.7. The Morgan fingerprint density at radius 3 is 2.07 bits per heavy atom. The largest absolute Gasteiger partial charge is 0.451 e. The predicted octanol–water partition coefficient (Wildman–Crippen LogP) is 2.38. The highest BCUT2D eigenvalue weighted by atomic mass is 19.1. The number of carbonyl (C=O) groups is 4. The van der Waals surface area contributed by atoms with E-state index in [0.29, 0.717) is 0 Å². The first-order chi connectivity index (χ1) is 13.3. The number of carbonyl (C=O) groups excluding carboxylic acids is 4. The van der Waals surface area contributed by atoms with Crippen LogP contribution in [0.15, 0.2) is 48.5 Å². The minimum atomic E-state index is -1.26. The minimum absolute atomic E-state index is 0.0520. The topological polar surface area (TPSA) is 92.8 Å². The molecule has 7 nitrogen and oxygen atoms in total. The summed E-state index contributed by atoms with van der Waals surface area (Å²) in [6.45, 7) is 2.65. The van der Waals surface area contributed by atoms with Gasteiger partial charge < -0.3 is 10.1 Å². The van der Waals surface area contributed by atoms with E-state index in [-0.39, 0.29) is 16.8 Å². The molecule has 0 unspecified atom stereocenters. The van der Waals surface area contributed by atoms with E-state index in [9.17, 15) is 23.6 Å². The van der Waals surface area contributed by atoms with E-state index < -0.39 is 41.7 Å². The second-order valence-corrected chi connectivity index (χ2v) is 6.25. The quantitative estimate of drug-likeness (QED) is 0.631. The van der Waals surface area contributed by atoms with E-state index >= 15 is 0 Å². The lowest BCUT2D eigenvalue weighted by atomic mass is 10.1. The van der Waals surface area contributed by atoms with Gasteiger partial charge in [-0.25, -0.2) is 9.18 Å². The molecule has 1 aliphatic rings. The van der Waals surface area contributed by atoms with Crippen molar-refractivity contribution in [2.45, 2.75) is 26.0 Å². The molecule has 0 spiro atoms. The van der Waals surface area contributed by atoms with Crippen molar-refractivity contribution in [1.82, 2.24) is 4.90 Å². The molecular formula is C20H17FN2O5. The Labute approximate surface area is 160 Å². The Hall–Kier alpha value is -3.55. The van der Waals surface area contributed by atoms with Gasteiger partial charge in [-0.3, -0.25) is 19.3 Å². The van der Waals surface area contributed by atoms with Crippen LogP contribution in [0.3, 0.4) is 0 Å². The number of hydrogen-bond donors (Lipinski definition) is 1. The second kappa shape index (κ2) is 7.59. The third-order valence-electron chi connectivity index (χ3n) is 4.35. The van der Waals surface area contributed by atoms with Crippen molar-refractivity contribution in [3.63, 3.8) is 0 Å². The van der Waals surface area contributed by atoms with Gasteiger partial charge in [0.05, 0.1) is 16.8 Å². The zero-order valence-corrected chi connectivity index (χ0v) is 15.1. The van der Waals surface area contributed by atoms with Crippen LogP contribution in [0.2, 0.25) is 0 Å². The highest BCUT2D eigenvalue weighted by Gasteiger charge is 2.41. The molecule has 0 aromatic heterocycles. The third kappa shape index (κ3) is 3.48. The molecule has 144 valence electrons. The Balaban J connectivity index is 1.66. The van der Waals surface area contributed by atoms with Crippen molar-refractivity contribution in [1.29, 1.82) is 0 Å². The highest BCUT2D eigenvalue weighted by molar-refractivity contribution is 6.22. The molecule has 0 saturated carbocycles. The first-order valence-corrected chi connectivity index (χ1v) is 8.54. The number of halogens is 1. The average Bonchev–Trinajstić information content (AvgIpc) is 2.93. The van der Waals surface area contributed by atoms with Crippen LogP contribution in [0.25, 0.3) is 0 Å². The van der Waals surface area contributed by atoms with E-state index in [1.54, 1.807) is 18.2 Å². The molecular weight excluding hydrogens is 367 g/mol. The van der Waals surface area contributed by atoms with Gasteiger partial charge in [-0.2, -0.15) is 0 Å². The molecule has 3 amide bonds. The predicted molar refractivity (Wildman–Crippen MR) is 97.0 cm³/mol. The molecule has 2 aromatic rings. The number of ether oxygens (including phenoxy) is 1. The fraction of sp³-hybridized carbons (Fsp3) is 0.200. The molecule has 0 bridgehead atoms. The van der Waals surface area contributed by atoms with E-state index in [1.807, 2.05) is 0 Å². The number of imide groups is 1. The first kappa shape index (κ1) is 19.2. The summed E-state index contributed by atoms with van der Waals surface area (Å²) in [5.74, 6) is -3.51. The molecule has 0 saturated heterocycles. The van der Waals surface area contributed by atoms with E-state index in [1.165, 1.54) is 44.2 Å². The summed E-state index contributed by atoms with van der Waals surface area (Å²) in [4.78, 5) is 50.2. The third-order valence-corrected chi connectivity index (χ3v) is 4.35. The van der Waals surface area contributed by atoms with Gasteiger partial charge in [0.15, 0.2) is 6.10 Å². The molecule has 0 aliphatic carbocycles. The van der Waals surface area contributed by atoms with Crippen LogP contribution in [-0.2, 0) is 14.3 Å². The summed E-state index contributed by atoms with van der Waals surface area (Å²) >= 11 is 0. The van der Waals surface area contributed by atoms with E-state index in [2.05, 4.69) is 5.32 Å². The van der Waals surface area contributed by atoms with Gasteiger partial charge in [0.2, 0.25) is 0 Å². The smallest absolute Gasteiger partial charge is 0.329 e. The Bertz CT molecular complexity index is 940. The zero-order chi connectivity index (χ0) is 20.4. The fourth-order valence-electron chi connectivity index (χ4n) is 2.79. The van der Waals surface area contributed by atoms with Crippen molar-refractivity contribution in [2.75, 3.05) is 5.32 Å². The lowest BCUT2D eigenvalue weighted by Gasteiger charge is -2.22. The van der Waals surface area contributed by atoms with Gasteiger partial charge in [0, 0.05) is 0 Å². The van der Waals surface area contributed by atoms with Crippen LogP contribution in [-0.4, -0.2) is 40.7 Å². The first-order valence-electron chi connectivity index (χ1n) is 8.54. The number of rotatable bonds is 5. The summed E-state index contributed by atoms with van der Waals surface area (Å²) in [6.07, 6.45) is -1.26. The monoisotopic (exact) mass is 384 g/mol. The van der Waals surface area contributed by atoms with Gasteiger partial charge in [0.25, 0.3) is 17.7 Å². The number of benzene rings is 2. The van der Waals surface area contributed by atoms with Gasteiger partial charge in [-0.1, -0.05) is 24.3 Å². The number of fused-ring (bicyclic) bond motifs is 1. The summed E-state index contributed by atoms with van der Waals surface area (Å²) in [6, 6.07) is 10.6. The number of anilines is 1. The molecule has 3 rings (SSSR count). The maximum Gasteiger partial charge on any atom is 0.329 e. The van der Waals surface area contributed by atoms with Crippen LogP contribution >= 0.6 is 0 Å². The molecule has 1 heterocycles. The Morgan fingerprint density at radius 2 is 1.50 bits per heavy atom. The van der Waals surface area contributed by atoms with Crippen LogP contribution in [0.1, 0.15) is 34.6 Å². The van der Waals surface area contributed by atoms with Crippen molar-refractivity contribution in [3.8, 4) is 0 Å². The molecule has 0 radical (unpaired) electrons. The van der Waals surface area contributed by atoms with E-state index in [0.717, 1.165) is 4.90 Å². The number of hydrogen-bond acceptors (Lipinski definition) is 5. The van der Waals surface area contributed by atoms with Gasteiger partial charge >= 0.3 is 5.97 Å². The maximum absolute atomic E-state index is 13.6. The number of nitrogens with zero attached hydrogens (tertiary/aromatic N) is 1. The summed E-state index contributed by atoms with van der Waals surface area (Å²) in [7, 11) is 0. The van der Waals surface area contributed by atoms with Crippen molar-refractivity contribution < 1.29 is 28.3 Å². The van der Waals surface area contributed by atoms with Gasteiger partial charge in [-0.15, -0.1) is 0 Å². The fourth-order valence-corrected chi connectivity index (χ4v) is 2.79. The Morgan fingerprint density at radius 1 is 0.964 bits per heavy atom. The molecule has 2 aromatic carbocycles. The van der Waals surface area contributed by atoms with Crippen LogP contribution in [0, 0.1) is 5.82 Å². The summed E-state index contributed by atoms with van der Waals surface area (Å²) in [5.41, 5.74) is 0.360. The normalized spacial score (nSPS) is 15.0. The Kier molecular flexibility index (Phi) is 5.21. The number of para-hydroxylation sites is 1. The zero-order valence-electron chi connectivity index (χ0n) is 15.1. The summed E-state index contributed by atoms with van der Waals surface area (Å²) in [5, 5.41) is 2.32. The van der Waals surface area contributed by atoms with Crippen LogP contribution in [0.5, 0.6) is 0 Å². The SMILES string of the molecule is C[C@@H](OC(=O)[C@H](C)N1C(=O)c2ccccc2C1=O)C(=O)Nc1ccccc1F. The van der Waals surface area contributed by atoms with E-state index in [4.69, 9.17) is 4.74 Å². The lowest BCUT2D eigenvalue weighted by Crippen LogP contribution is -2.45. The second-order valence-electron chi connectivity index (χ2n) is 6.25. The number of amides is 3. The standard InChI is InChI=1S/C20H17FN2O5/c1-11(23-18(25)13-7-3-4-8-14(13)19(23)26)20(27)28-12(2)17(24)22-16-10-6-5-9-15(16)21/h3-12H,1-2H3,(H,22,24)/t11-,12+/m0/s1. The van der Waals surface area contributed by atoms with Crippen molar-refractivity contribution in [3.05, 3.63) is 65.5 Å². The van der Waals surface area contributed by atoms with Gasteiger partial charge in [0.1, 0.15) is 11.9 Å². The highest BCUT2D eigenvalue weighted by Crippen LogP contribution is 2.25. The molecule has 8 heteroatoms. The van der Waals surface area contributed by atoms with Crippen molar-refractivity contribution in [2.24, 2.45) is 0 Å². The molecule has 1 aliphatic heterocycles. The molecule has 2 atom stereocenters. The average molecular weight is 384 g/mol. The molecule has 0 fully saturated rings. The molecule has 1 N–H and O–H groups in total. The van der Waals surface area contributed by atoms with Crippen LogP contribution in [0.4, 0.5) is 10.1 Å². The number of esters is 1. The van der Waals surface area contributed by atoms with Crippen LogP contribution < -0.4 is 5.32 Å². The maximum atomic E-state index is 13.6. The molecule has 28 heavy (non-hydrogen) atoms. The van der Waals surface area contributed by atoms with Crippen molar-refractivity contribution >= 4 is 29.4 Å². The number of nitrogens with one attached hydrogen (secondary N) is 1. The lowest BCUT2D eigenvalue weighted by molar-refractivity contribution is -0.156. The van der Waals surface area contributed by atoms with Gasteiger partial charge in [-0.05, 0) is 38.1 Å². The minimum Gasteiger partial charge on any atom is -0.451 e.